The van der Waals surface area contributed by atoms with Gasteiger partial charge in [0.15, 0.2) is 0 Å². The van der Waals surface area contributed by atoms with Crippen LogP contribution >= 0.6 is 11.6 Å². The molecule has 0 aliphatic heterocycles. The Hall–Kier alpha value is -2.53. The third kappa shape index (κ3) is 2.68. The number of amides is 1. The number of fused-ring (bicyclic) bond motifs is 1. The number of phenols is 1. The summed E-state index contributed by atoms with van der Waals surface area (Å²) in [5.74, 6) is -0.917. The first kappa shape index (κ1) is 13.5. The molecule has 3 N–H and O–H groups in total. The number of anilines is 1. The fraction of sp³-hybridized carbons (Fsp3) is 0. The Morgan fingerprint density at radius 3 is 2.81 bits per heavy atom. The number of H-pyrrole nitrogens is 1. The molecule has 0 bridgehead atoms. The summed E-state index contributed by atoms with van der Waals surface area (Å²) in [4.78, 5) is 15.0. The first-order valence-corrected chi connectivity index (χ1v) is 6.49. The van der Waals surface area contributed by atoms with Gasteiger partial charge >= 0.3 is 0 Å². The highest BCUT2D eigenvalue weighted by atomic mass is 35.5. The van der Waals surface area contributed by atoms with Gasteiger partial charge in [-0.05, 0) is 42.5 Å². The number of rotatable bonds is 2. The maximum Gasteiger partial charge on any atom is 0.272 e. The Balaban J connectivity index is 1.91. The van der Waals surface area contributed by atoms with Crippen molar-refractivity contribution in [3.05, 3.63) is 59.0 Å². The molecule has 3 rings (SSSR count). The second-order valence-corrected chi connectivity index (χ2v) is 4.97. The minimum atomic E-state index is -0.454. The van der Waals surface area contributed by atoms with Gasteiger partial charge in [0.1, 0.15) is 17.3 Å². The van der Waals surface area contributed by atoms with Crippen LogP contribution in [0.3, 0.4) is 0 Å². The zero-order chi connectivity index (χ0) is 15.0. The van der Waals surface area contributed by atoms with E-state index in [2.05, 4.69) is 10.3 Å². The number of nitrogens with one attached hydrogen (secondary N) is 2. The number of halogens is 2. The highest BCUT2D eigenvalue weighted by molar-refractivity contribution is 6.31. The van der Waals surface area contributed by atoms with Gasteiger partial charge in [-0.3, -0.25) is 4.79 Å². The van der Waals surface area contributed by atoms with Crippen LogP contribution in [0.1, 0.15) is 10.5 Å². The lowest BCUT2D eigenvalue weighted by Gasteiger charge is -2.06. The maximum absolute atomic E-state index is 13.1. The fourth-order valence-corrected chi connectivity index (χ4v) is 2.20. The van der Waals surface area contributed by atoms with Gasteiger partial charge in [-0.2, -0.15) is 0 Å². The summed E-state index contributed by atoms with van der Waals surface area (Å²) in [6.07, 6.45) is 0. The first-order chi connectivity index (χ1) is 10.0. The average Bonchev–Trinajstić information content (AvgIpc) is 2.86. The van der Waals surface area contributed by atoms with Crippen molar-refractivity contribution in [2.24, 2.45) is 0 Å². The predicted octanol–water partition coefficient (Wildman–Crippen LogP) is 3.92. The van der Waals surface area contributed by atoms with Crippen LogP contribution in [0.15, 0.2) is 42.5 Å². The Morgan fingerprint density at radius 2 is 2.00 bits per heavy atom. The van der Waals surface area contributed by atoms with Crippen LogP contribution in [0.2, 0.25) is 5.02 Å². The number of aromatic nitrogens is 1. The quantitative estimate of drug-likeness (QED) is 0.628. The largest absolute Gasteiger partial charge is 0.506 e. The Morgan fingerprint density at radius 1 is 1.19 bits per heavy atom. The maximum atomic E-state index is 13.1. The third-order valence-corrected chi connectivity index (χ3v) is 3.27. The van der Waals surface area contributed by atoms with E-state index in [-0.39, 0.29) is 22.9 Å². The first-order valence-electron chi connectivity index (χ1n) is 6.11. The van der Waals surface area contributed by atoms with Crippen molar-refractivity contribution in [3.63, 3.8) is 0 Å². The van der Waals surface area contributed by atoms with Crippen molar-refractivity contribution in [1.29, 1.82) is 0 Å². The molecule has 0 saturated heterocycles. The molecule has 0 spiro atoms. The summed E-state index contributed by atoms with van der Waals surface area (Å²) in [6, 6.07) is 10.1. The normalized spacial score (nSPS) is 10.8. The van der Waals surface area contributed by atoms with Crippen molar-refractivity contribution < 1.29 is 14.3 Å². The molecule has 0 aliphatic carbocycles. The molecule has 0 aliphatic rings. The van der Waals surface area contributed by atoms with E-state index in [1.807, 2.05) is 0 Å². The molecular formula is C15H10ClFN2O2. The van der Waals surface area contributed by atoms with Crippen LogP contribution in [-0.4, -0.2) is 16.0 Å². The highest BCUT2D eigenvalue weighted by Gasteiger charge is 2.12. The summed E-state index contributed by atoms with van der Waals surface area (Å²) < 4.78 is 13.1. The van der Waals surface area contributed by atoms with Crippen LogP contribution < -0.4 is 5.32 Å². The molecule has 6 heteroatoms. The number of hydrogen-bond acceptors (Lipinski definition) is 2. The molecule has 106 valence electrons. The topological polar surface area (TPSA) is 65.1 Å². The molecule has 4 nitrogen and oxygen atoms in total. The summed E-state index contributed by atoms with van der Waals surface area (Å²) in [5.41, 5.74) is 1.11. The van der Waals surface area contributed by atoms with Crippen molar-refractivity contribution in [3.8, 4) is 5.75 Å². The highest BCUT2D eigenvalue weighted by Crippen LogP contribution is 2.27. The molecule has 0 unspecified atom stereocenters. The van der Waals surface area contributed by atoms with E-state index in [0.29, 0.717) is 15.9 Å². The fourth-order valence-electron chi connectivity index (χ4n) is 2.02. The molecule has 1 amide bonds. The Kier molecular flexibility index (Phi) is 3.27. The smallest absolute Gasteiger partial charge is 0.272 e. The van der Waals surface area contributed by atoms with Crippen LogP contribution in [0, 0.1) is 5.82 Å². The van der Waals surface area contributed by atoms with Gasteiger partial charge in [0.05, 0.1) is 5.69 Å². The van der Waals surface area contributed by atoms with E-state index in [9.17, 15) is 14.3 Å². The van der Waals surface area contributed by atoms with Crippen LogP contribution in [0.25, 0.3) is 10.9 Å². The second kappa shape index (κ2) is 5.10. The van der Waals surface area contributed by atoms with Crippen molar-refractivity contribution in [1.82, 2.24) is 4.98 Å². The van der Waals surface area contributed by atoms with Gasteiger partial charge in [0, 0.05) is 15.9 Å². The van der Waals surface area contributed by atoms with Crippen molar-refractivity contribution in [2.45, 2.75) is 0 Å². The third-order valence-electron chi connectivity index (χ3n) is 3.03. The summed E-state index contributed by atoms with van der Waals surface area (Å²) in [5, 5.41) is 13.2. The Labute approximate surface area is 124 Å². The molecule has 21 heavy (non-hydrogen) atoms. The summed E-state index contributed by atoms with van der Waals surface area (Å²) in [6.45, 7) is 0. The lowest BCUT2D eigenvalue weighted by molar-refractivity contribution is 0.102. The molecular weight excluding hydrogens is 295 g/mol. The lowest BCUT2D eigenvalue weighted by Crippen LogP contribution is -2.12. The Bertz CT molecular complexity index is 845. The van der Waals surface area contributed by atoms with E-state index in [1.165, 1.54) is 36.4 Å². The monoisotopic (exact) mass is 304 g/mol. The zero-order valence-corrected chi connectivity index (χ0v) is 11.4. The summed E-state index contributed by atoms with van der Waals surface area (Å²) in [7, 11) is 0. The van der Waals surface area contributed by atoms with Crippen molar-refractivity contribution in [2.75, 3.05) is 5.32 Å². The minimum Gasteiger partial charge on any atom is -0.506 e. The van der Waals surface area contributed by atoms with E-state index in [0.717, 1.165) is 0 Å². The summed E-state index contributed by atoms with van der Waals surface area (Å²) >= 11 is 5.82. The van der Waals surface area contributed by atoms with Gasteiger partial charge in [-0.25, -0.2) is 4.39 Å². The van der Waals surface area contributed by atoms with E-state index in [1.54, 1.807) is 6.07 Å². The van der Waals surface area contributed by atoms with Gasteiger partial charge in [0.25, 0.3) is 5.91 Å². The molecule has 0 radical (unpaired) electrons. The van der Waals surface area contributed by atoms with Crippen LogP contribution in [0.4, 0.5) is 10.1 Å². The minimum absolute atomic E-state index is 0.0881. The van der Waals surface area contributed by atoms with Gasteiger partial charge in [-0.1, -0.05) is 11.6 Å². The van der Waals surface area contributed by atoms with Crippen LogP contribution in [-0.2, 0) is 0 Å². The number of hydrogen-bond donors (Lipinski definition) is 3. The standard InChI is InChI=1S/C15H10ClFN2O2/c16-9-1-4-14(20)12(7-9)19-15(21)13-6-8-5-10(17)2-3-11(8)18-13/h1-7,18,20H,(H,19,21). The number of carbonyl (C=O) groups excluding carboxylic acids is 1. The van der Waals surface area contributed by atoms with E-state index in [4.69, 9.17) is 11.6 Å². The number of aromatic amines is 1. The average molecular weight is 305 g/mol. The number of aromatic hydroxyl groups is 1. The zero-order valence-electron chi connectivity index (χ0n) is 10.7. The van der Waals surface area contributed by atoms with E-state index >= 15 is 0 Å². The molecule has 3 aromatic rings. The van der Waals surface area contributed by atoms with Crippen LogP contribution in [0.5, 0.6) is 5.75 Å². The number of carbonyl (C=O) groups is 1. The molecule has 0 saturated carbocycles. The lowest BCUT2D eigenvalue weighted by atomic mass is 10.2. The van der Waals surface area contributed by atoms with Gasteiger partial charge < -0.3 is 15.4 Å². The number of phenolic OH excluding ortho intramolecular Hbond substituents is 1. The van der Waals surface area contributed by atoms with Gasteiger partial charge in [-0.15, -0.1) is 0 Å². The van der Waals surface area contributed by atoms with E-state index < -0.39 is 5.91 Å². The second-order valence-electron chi connectivity index (χ2n) is 4.53. The molecule has 2 aromatic carbocycles. The number of benzene rings is 2. The predicted molar refractivity (Wildman–Crippen MR) is 79.3 cm³/mol. The molecule has 1 heterocycles. The molecule has 0 atom stereocenters. The SMILES string of the molecule is O=C(Nc1cc(Cl)ccc1O)c1cc2cc(F)ccc2[nH]1. The molecule has 1 aromatic heterocycles. The molecule has 0 fully saturated rings. The van der Waals surface area contributed by atoms with Crippen molar-refractivity contribution >= 4 is 34.1 Å². The van der Waals surface area contributed by atoms with Gasteiger partial charge in [0.2, 0.25) is 0 Å².